The van der Waals surface area contributed by atoms with E-state index in [0.717, 1.165) is 24.0 Å². The summed E-state index contributed by atoms with van der Waals surface area (Å²) in [5, 5.41) is 2.92. The zero-order valence-electron chi connectivity index (χ0n) is 18.8. The largest absolute Gasteiger partial charge is 0.350 e. The molecule has 0 aliphatic rings. The maximum atomic E-state index is 13.4. The number of amides is 1. The highest BCUT2D eigenvalue weighted by Crippen LogP contribution is 2.24. The number of hydrogen-bond acceptors (Lipinski definition) is 3. The smallest absolute Gasteiger partial charge is 0.264 e. The van der Waals surface area contributed by atoms with Gasteiger partial charge in [-0.2, -0.15) is 0 Å². The number of rotatable bonds is 9. The summed E-state index contributed by atoms with van der Waals surface area (Å²) in [6.07, 6.45) is 1.79. The van der Waals surface area contributed by atoms with Crippen molar-refractivity contribution in [3.8, 4) is 0 Å². The first-order chi connectivity index (χ1) is 15.3. The maximum absolute atomic E-state index is 13.4. The highest BCUT2D eigenvalue weighted by atomic mass is 32.2. The summed E-state index contributed by atoms with van der Waals surface area (Å²) in [7, 11) is -3.90. The Morgan fingerprint density at radius 3 is 2.19 bits per heavy atom. The van der Waals surface area contributed by atoms with Crippen LogP contribution in [0.15, 0.2) is 77.7 Å². The van der Waals surface area contributed by atoms with E-state index in [9.17, 15) is 13.2 Å². The van der Waals surface area contributed by atoms with E-state index in [1.165, 1.54) is 27.6 Å². The Labute approximate surface area is 191 Å². The Kier molecular flexibility index (Phi) is 7.70. The molecule has 0 heterocycles. The second-order valence-electron chi connectivity index (χ2n) is 7.75. The Balaban J connectivity index is 1.84. The summed E-state index contributed by atoms with van der Waals surface area (Å²) in [5.74, 6) is -0.353. The number of aryl methyl sites for hydroxylation is 3. The van der Waals surface area contributed by atoms with Gasteiger partial charge in [0.2, 0.25) is 5.91 Å². The fourth-order valence-corrected chi connectivity index (χ4v) is 4.98. The Morgan fingerprint density at radius 2 is 1.56 bits per heavy atom. The van der Waals surface area contributed by atoms with Crippen LogP contribution in [0.25, 0.3) is 0 Å². The molecule has 0 aliphatic heterocycles. The van der Waals surface area contributed by atoms with Crippen LogP contribution in [0.4, 0.5) is 5.69 Å². The molecule has 0 spiro atoms. The maximum Gasteiger partial charge on any atom is 0.264 e. The van der Waals surface area contributed by atoms with Gasteiger partial charge in [0.25, 0.3) is 10.0 Å². The van der Waals surface area contributed by atoms with E-state index in [4.69, 9.17) is 0 Å². The predicted molar refractivity (Wildman–Crippen MR) is 129 cm³/mol. The van der Waals surface area contributed by atoms with Gasteiger partial charge < -0.3 is 5.32 Å². The molecule has 1 N–H and O–H groups in total. The number of carbonyl (C=O) groups excluding carboxylic acids is 1. The van der Waals surface area contributed by atoms with Gasteiger partial charge in [0.05, 0.1) is 10.6 Å². The van der Waals surface area contributed by atoms with Crippen LogP contribution >= 0.6 is 0 Å². The monoisotopic (exact) mass is 450 g/mol. The van der Waals surface area contributed by atoms with Gasteiger partial charge in [-0.3, -0.25) is 9.10 Å². The third-order valence-corrected chi connectivity index (χ3v) is 7.26. The third kappa shape index (κ3) is 5.56. The van der Waals surface area contributed by atoms with E-state index in [1.54, 1.807) is 30.3 Å². The van der Waals surface area contributed by atoms with Crippen molar-refractivity contribution in [2.45, 2.75) is 45.1 Å². The van der Waals surface area contributed by atoms with Crippen LogP contribution in [-0.2, 0) is 34.2 Å². The van der Waals surface area contributed by atoms with Crippen LogP contribution in [0, 0.1) is 6.92 Å². The van der Waals surface area contributed by atoms with E-state index in [-0.39, 0.29) is 17.3 Å². The van der Waals surface area contributed by atoms with Crippen LogP contribution in [0.5, 0.6) is 0 Å². The van der Waals surface area contributed by atoms with Crippen molar-refractivity contribution >= 4 is 21.6 Å². The van der Waals surface area contributed by atoms with Gasteiger partial charge in [-0.25, -0.2) is 8.42 Å². The molecule has 3 aromatic carbocycles. The SMILES string of the molecule is CCc1ccc(CC)c(CNC(=O)CN(c2ccc(C)cc2)S(=O)(=O)c2ccccc2)c1. The first-order valence-electron chi connectivity index (χ1n) is 10.9. The molecule has 3 aromatic rings. The number of anilines is 1. The van der Waals surface area contributed by atoms with Crippen molar-refractivity contribution < 1.29 is 13.2 Å². The number of benzene rings is 3. The van der Waals surface area contributed by atoms with Crippen molar-refractivity contribution in [3.05, 3.63) is 95.1 Å². The summed E-state index contributed by atoms with van der Waals surface area (Å²) in [6, 6.07) is 21.6. The van der Waals surface area contributed by atoms with Gasteiger partial charge in [0, 0.05) is 6.54 Å². The fraction of sp³-hybridized carbons (Fsp3) is 0.269. The Hall–Kier alpha value is -3.12. The third-order valence-electron chi connectivity index (χ3n) is 5.48. The molecular weight excluding hydrogens is 420 g/mol. The summed E-state index contributed by atoms with van der Waals surface area (Å²) in [6.45, 7) is 6.18. The number of nitrogens with zero attached hydrogens (tertiary/aromatic N) is 1. The molecule has 3 rings (SSSR count). The predicted octanol–water partition coefficient (Wildman–Crippen LogP) is 4.63. The van der Waals surface area contributed by atoms with E-state index in [0.29, 0.717) is 12.2 Å². The van der Waals surface area contributed by atoms with Gasteiger partial charge >= 0.3 is 0 Å². The number of sulfonamides is 1. The molecule has 0 aromatic heterocycles. The molecule has 6 heteroatoms. The second-order valence-corrected chi connectivity index (χ2v) is 9.61. The molecule has 32 heavy (non-hydrogen) atoms. The zero-order chi connectivity index (χ0) is 23.1. The molecule has 0 saturated carbocycles. The fourth-order valence-electron chi connectivity index (χ4n) is 3.53. The van der Waals surface area contributed by atoms with Crippen LogP contribution in [0.1, 0.15) is 36.1 Å². The van der Waals surface area contributed by atoms with Crippen molar-refractivity contribution in [3.63, 3.8) is 0 Å². The Bertz CT molecular complexity index is 1160. The topological polar surface area (TPSA) is 66.5 Å². The second kappa shape index (κ2) is 10.5. The average Bonchev–Trinajstić information content (AvgIpc) is 2.82. The summed E-state index contributed by atoms with van der Waals surface area (Å²) in [4.78, 5) is 13.0. The molecular formula is C26H30N2O3S. The average molecular weight is 451 g/mol. The minimum absolute atomic E-state index is 0.150. The van der Waals surface area contributed by atoms with E-state index in [2.05, 4.69) is 37.4 Å². The van der Waals surface area contributed by atoms with Crippen LogP contribution < -0.4 is 9.62 Å². The molecule has 0 atom stereocenters. The van der Waals surface area contributed by atoms with Crippen molar-refractivity contribution in [1.29, 1.82) is 0 Å². The van der Waals surface area contributed by atoms with Crippen LogP contribution in [-0.4, -0.2) is 20.9 Å². The van der Waals surface area contributed by atoms with Crippen molar-refractivity contribution in [2.75, 3.05) is 10.8 Å². The number of carbonyl (C=O) groups is 1. The van der Waals surface area contributed by atoms with Gasteiger partial charge in [-0.1, -0.05) is 67.9 Å². The first kappa shape index (κ1) is 23.5. The summed E-state index contributed by atoms with van der Waals surface area (Å²) >= 11 is 0. The lowest BCUT2D eigenvalue weighted by Gasteiger charge is -2.24. The molecule has 168 valence electrons. The van der Waals surface area contributed by atoms with Gasteiger partial charge in [0.15, 0.2) is 0 Å². The number of nitrogens with one attached hydrogen (secondary N) is 1. The molecule has 0 radical (unpaired) electrons. The summed E-state index contributed by atoms with van der Waals surface area (Å²) < 4.78 is 27.9. The molecule has 5 nitrogen and oxygen atoms in total. The van der Waals surface area contributed by atoms with Crippen LogP contribution in [0.2, 0.25) is 0 Å². The first-order valence-corrected chi connectivity index (χ1v) is 12.3. The van der Waals surface area contributed by atoms with Gasteiger partial charge in [-0.15, -0.1) is 0 Å². The molecule has 0 unspecified atom stereocenters. The molecule has 0 aliphatic carbocycles. The minimum Gasteiger partial charge on any atom is -0.350 e. The van der Waals surface area contributed by atoms with E-state index < -0.39 is 10.0 Å². The standard InChI is InChI=1S/C26H30N2O3S/c1-4-21-13-14-22(5-2)23(17-21)18-27-26(29)19-28(24-15-11-20(3)12-16-24)32(30,31)25-9-7-6-8-10-25/h6-17H,4-5,18-19H2,1-3H3,(H,27,29). The molecule has 0 saturated heterocycles. The lowest BCUT2D eigenvalue weighted by Crippen LogP contribution is -2.40. The van der Waals surface area contributed by atoms with E-state index in [1.807, 2.05) is 19.1 Å². The highest BCUT2D eigenvalue weighted by Gasteiger charge is 2.27. The van der Waals surface area contributed by atoms with Crippen LogP contribution in [0.3, 0.4) is 0 Å². The normalized spacial score (nSPS) is 11.2. The molecule has 0 bridgehead atoms. The lowest BCUT2D eigenvalue weighted by molar-refractivity contribution is -0.119. The molecule has 0 fully saturated rings. The zero-order valence-corrected chi connectivity index (χ0v) is 19.7. The van der Waals surface area contributed by atoms with E-state index >= 15 is 0 Å². The lowest BCUT2D eigenvalue weighted by atomic mass is 10.0. The van der Waals surface area contributed by atoms with Crippen molar-refractivity contribution in [1.82, 2.24) is 5.32 Å². The summed E-state index contributed by atoms with van der Waals surface area (Å²) in [5.41, 5.74) is 4.91. The quantitative estimate of drug-likeness (QED) is 0.517. The van der Waals surface area contributed by atoms with Gasteiger partial charge in [-0.05, 0) is 60.7 Å². The number of hydrogen-bond donors (Lipinski definition) is 1. The van der Waals surface area contributed by atoms with Gasteiger partial charge in [0.1, 0.15) is 6.54 Å². The molecule has 1 amide bonds. The minimum atomic E-state index is -3.90. The Morgan fingerprint density at radius 1 is 0.875 bits per heavy atom. The highest BCUT2D eigenvalue weighted by molar-refractivity contribution is 7.92. The van der Waals surface area contributed by atoms with Crippen molar-refractivity contribution in [2.24, 2.45) is 0 Å².